The third-order valence-electron chi connectivity index (χ3n) is 2.44. The monoisotopic (exact) mass is 274 g/mol. The molecule has 1 rings (SSSR count). The van der Waals surface area contributed by atoms with Gasteiger partial charge in [-0.15, -0.1) is 0 Å². The minimum atomic E-state index is -4.57. The van der Waals surface area contributed by atoms with E-state index in [0.717, 1.165) is 6.07 Å². The standard InChI is InChI=1S/C13H17F3N2O/c1-12(2,3)7-18-11(19)8-5-4-6-9(10(8)17)13(14,15)16/h4-6H,7,17H2,1-3H3,(H,18,19). The van der Waals surface area contributed by atoms with Crippen molar-refractivity contribution >= 4 is 11.6 Å². The van der Waals surface area contributed by atoms with E-state index in [4.69, 9.17) is 5.73 Å². The summed E-state index contributed by atoms with van der Waals surface area (Å²) in [6, 6.07) is 3.31. The molecule has 0 aliphatic heterocycles. The van der Waals surface area contributed by atoms with E-state index in [1.807, 2.05) is 20.8 Å². The first-order chi connectivity index (χ1) is 8.52. The number of nitrogens with two attached hydrogens (primary N) is 1. The molecule has 0 saturated carbocycles. The average Bonchev–Trinajstić information content (AvgIpc) is 2.23. The quantitative estimate of drug-likeness (QED) is 0.814. The van der Waals surface area contributed by atoms with Crippen molar-refractivity contribution in [3.05, 3.63) is 29.3 Å². The number of halogens is 3. The molecule has 3 N–H and O–H groups in total. The molecule has 0 heterocycles. The number of amides is 1. The molecule has 0 atom stereocenters. The maximum absolute atomic E-state index is 12.7. The van der Waals surface area contributed by atoms with Crippen LogP contribution in [0.25, 0.3) is 0 Å². The number of carbonyl (C=O) groups is 1. The Morgan fingerprint density at radius 3 is 2.32 bits per heavy atom. The molecule has 0 unspecified atom stereocenters. The Labute approximate surface area is 110 Å². The van der Waals surface area contributed by atoms with E-state index in [1.54, 1.807) is 0 Å². The lowest BCUT2D eigenvalue weighted by molar-refractivity contribution is -0.136. The van der Waals surface area contributed by atoms with Crippen LogP contribution in [0.15, 0.2) is 18.2 Å². The number of hydrogen-bond donors (Lipinski definition) is 2. The summed E-state index contributed by atoms with van der Waals surface area (Å²) < 4.78 is 38.0. The summed E-state index contributed by atoms with van der Waals surface area (Å²) in [4.78, 5) is 11.8. The lowest BCUT2D eigenvalue weighted by atomic mass is 9.96. The number of alkyl halides is 3. The molecule has 3 nitrogen and oxygen atoms in total. The Hall–Kier alpha value is -1.72. The number of nitrogens with one attached hydrogen (secondary N) is 1. The van der Waals surface area contributed by atoms with Gasteiger partial charge in [0.1, 0.15) is 0 Å². The van der Waals surface area contributed by atoms with Gasteiger partial charge in [-0.3, -0.25) is 4.79 Å². The van der Waals surface area contributed by atoms with Crippen molar-refractivity contribution in [2.75, 3.05) is 12.3 Å². The fourth-order valence-electron chi connectivity index (χ4n) is 1.45. The third-order valence-corrected chi connectivity index (χ3v) is 2.44. The molecule has 0 bridgehead atoms. The highest BCUT2D eigenvalue weighted by molar-refractivity contribution is 5.99. The van der Waals surface area contributed by atoms with Gasteiger partial charge in [0.2, 0.25) is 0 Å². The fourth-order valence-corrected chi connectivity index (χ4v) is 1.45. The molecule has 0 aromatic heterocycles. The van der Waals surface area contributed by atoms with E-state index >= 15 is 0 Å². The highest BCUT2D eigenvalue weighted by atomic mass is 19.4. The molecule has 0 saturated heterocycles. The number of rotatable bonds is 2. The minimum Gasteiger partial charge on any atom is -0.398 e. The SMILES string of the molecule is CC(C)(C)CNC(=O)c1cccc(C(F)(F)F)c1N. The topological polar surface area (TPSA) is 55.1 Å². The molecule has 0 fully saturated rings. The third kappa shape index (κ3) is 4.15. The van der Waals surface area contributed by atoms with Crippen molar-refractivity contribution in [1.29, 1.82) is 0 Å². The van der Waals surface area contributed by atoms with Crippen molar-refractivity contribution < 1.29 is 18.0 Å². The molecule has 1 aromatic rings. The number of anilines is 1. The molecule has 6 heteroatoms. The van der Waals surface area contributed by atoms with Crippen LogP contribution in [0.3, 0.4) is 0 Å². The van der Waals surface area contributed by atoms with Crippen molar-refractivity contribution in [2.24, 2.45) is 5.41 Å². The molecule has 0 radical (unpaired) electrons. The first-order valence-corrected chi connectivity index (χ1v) is 5.76. The second kappa shape index (κ2) is 5.11. The van der Waals surface area contributed by atoms with Gasteiger partial charge in [-0.2, -0.15) is 13.2 Å². The van der Waals surface area contributed by atoms with E-state index < -0.39 is 23.3 Å². The smallest absolute Gasteiger partial charge is 0.398 e. The fraction of sp³-hybridized carbons (Fsp3) is 0.462. The largest absolute Gasteiger partial charge is 0.418 e. The summed E-state index contributed by atoms with van der Waals surface area (Å²) in [5, 5.41) is 2.57. The van der Waals surface area contributed by atoms with Crippen LogP contribution in [0, 0.1) is 5.41 Å². The van der Waals surface area contributed by atoms with Crippen LogP contribution in [0.5, 0.6) is 0 Å². The van der Waals surface area contributed by atoms with E-state index in [0.29, 0.717) is 6.54 Å². The van der Waals surface area contributed by atoms with Gasteiger partial charge in [0, 0.05) is 6.54 Å². The Morgan fingerprint density at radius 1 is 1.26 bits per heavy atom. The van der Waals surface area contributed by atoms with E-state index in [9.17, 15) is 18.0 Å². The van der Waals surface area contributed by atoms with Crippen molar-refractivity contribution in [2.45, 2.75) is 26.9 Å². The summed E-state index contributed by atoms with van der Waals surface area (Å²) in [5.41, 5.74) is 3.58. The second-order valence-corrected chi connectivity index (χ2v) is 5.51. The zero-order chi connectivity index (χ0) is 14.8. The van der Waals surface area contributed by atoms with Crippen LogP contribution < -0.4 is 11.1 Å². The second-order valence-electron chi connectivity index (χ2n) is 5.51. The van der Waals surface area contributed by atoms with Gasteiger partial charge in [0.05, 0.1) is 16.8 Å². The zero-order valence-corrected chi connectivity index (χ0v) is 11.1. The normalized spacial score (nSPS) is 12.3. The molecule has 0 aliphatic carbocycles. The number of carbonyl (C=O) groups excluding carboxylic acids is 1. The molecule has 106 valence electrons. The number of benzene rings is 1. The highest BCUT2D eigenvalue weighted by Gasteiger charge is 2.34. The molecular formula is C13H17F3N2O. The number of nitrogen functional groups attached to an aromatic ring is 1. The minimum absolute atomic E-state index is 0.154. The van der Waals surface area contributed by atoms with Gasteiger partial charge in [-0.05, 0) is 17.5 Å². The van der Waals surface area contributed by atoms with Gasteiger partial charge >= 0.3 is 6.18 Å². The van der Waals surface area contributed by atoms with E-state index in [1.165, 1.54) is 12.1 Å². The van der Waals surface area contributed by atoms with Crippen LogP contribution >= 0.6 is 0 Å². The Balaban J connectivity index is 2.99. The summed E-state index contributed by atoms with van der Waals surface area (Å²) >= 11 is 0. The molecule has 0 aliphatic rings. The molecule has 0 spiro atoms. The molecule has 1 aromatic carbocycles. The van der Waals surface area contributed by atoms with Crippen LogP contribution in [0.1, 0.15) is 36.7 Å². The predicted molar refractivity (Wildman–Crippen MR) is 67.6 cm³/mol. The van der Waals surface area contributed by atoms with Gasteiger partial charge in [0.15, 0.2) is 0 Å². The summed E-state index contributed by atoms with van der Waals surface area (Å²) in [5.74, 6) is -0.599. The van der Waals surface area contributed by atoms with Crippen LogP contribution in [0.4, 0.5) is 18.9 Å². The van der Waals surface area contributed by atoms with Crippen LogP contribution in [-0.4, -0.2) is 12.5 Å². The Morgan fingerprint density at radius 2 is 1.84 bits per heavy atom. The lowest BCUT2D eigenvalue weighted by Gasteiger charge is -2.19. The first-order valence-electron chi connectivity index (χ1n) is 5.76. The summed E-state index contributed by atoms with van der Waals surface area (Å²) in [6.07, 6.45) is -4.57. The molecule has 1 amide bonds. The maximum Gasteiger partial charge on any atom is 0.418 e. The van der Waals surface area contributed by atoms with Crippen molar-refractivity contribution in [1.82, 2.24) is 5.32 Å². The summed E-state index contributed by atoms with van der Waals surface area (Å²) in [7, 11) is 0. The Bertz CT molecular complexity index is 476. The van der Waals surface area contributed by atoms with Gasteiger partial charge in [-0.1, -0.05) is 26.8 Å². The molecular weight excluding hydrogens is 257 g/mol. The van der Waals surface area contributed by atoms with E-state index in [-0.39, 0.29) is 11.0 Å². The highest BCUT2D eigenvalue weighted by Crippen LogP contribution is 2.34. The van der Waals surface area contributed by atoms with Gasteiger partial charge in [-0.25, -0.2) is 0 Å². The zero-order valence-electron chi connectivity index (χ0n) is 11.1. The summed E-state index contributed by atoms with van der Waals surface area (Å²) in [6.45, 7) is 6.07. The van der Waals surface area contributed by atoms with Gasteiger partial charge < -0.3 is 11.1 Å². The van der Waals surface area contributed by atoms with Crippen molar-refractivity contribution in [3.63, 3.8) is 0 Å². The predicted octanol–water partition coefficient (Wildman–Crippen LogP) is 3.06. The lowest BCUT2D eigenvalue weighted by Crippen LogP contribution is -2.33. The van der Waals surface area contributed by atoms with E-state index in [2.05, 4.69) is 5.32 Å². The number of hydrogen-bond acceptors (Lipinski definition) is 2. The maximum atomic E-state index is 12.7. The first kappa shape index (κ1) is 15.3. The van der Waals surface area contributed by atoms with Crippen LogP contribution in [-0.2, 0) is 6.18 Å². The Kier molecular flexibility index (Phi) is 4.12. The molecule has 19 heavy (non-hydrogen) atoms. The van der Waals surface area contributed by atoms with Crippen molar-refractivity contribution in [3.8, 4) is 0 Å². The average molecular weight is 274 g/mol. The number of para-hydroxylation sites is 1. The van der Waals surface area contributed by atoms with Gasteiger partial charge in [0.25, 0.3) is 5.91 Å². The van der Waals surface area contributed by atoms with Crippen LogP contribution in [0.2, 0.25) is 0 Å².